The summed E-state index contributed by atoms with van der Waals surface area (Å²) >= 11 is 1.61. The van der Waals surface area contributed by atoms with Gasteiger partial charge in [-0.3, -0.25) is 9.52 Å². The third kappa shape index (κ3) is 4.75. The topological polar surface area (TPSA) is 93.7 Å². The highest BCUT2D eigenvalue weighted by Crippen LogP contribution is 2.33. The molecule has 0 aliphatic carbocycles. The number of thiophene rings is 1. The van der Waals surface area contributed by atoms with Gasteiger partial charge in [0.15, 0.2) is 11.5 Å². The largest absolute Gasteiger partial charge is 0.486 e. The van der Waals surface area contributed by atoms with Crippen LogP contribution >= 0.6 is 11.3 Å². The van der Waals surface area contributed by atoms with E-state index in [2.05, 4.69) is 10.0 Å². The fourth-order valence-electron chi connectivity index (χ4n) is 3.50. The van der Waals surface area contributed by atoms with Crippen LogP contribution in [0.3, 0.4) is 0 Å². The molecule has 9 heteroatoms. The van der Waals surface area contributed by atoms with Crippen LogP contribution in [0, 0.1) is 0 Å². The molecule has 2 N–H and O–H groups in total. The van der Waals surface area contributed by atoms with Crippen molar-refractivity contribution in [2.75, 3.05) is 23.3 Å². The summed E-state index contributed by atoms with van der Waals surface area (Å²) in [6.45, 7) is 0.795. The van der Waals surface area contributed by atoms with Crippen LogP contribution < -0.4 is 19.5 Å². The van der Waals surface area contributed by atoms with E-state index in [9.17, 15) is 13.2 Å². The summed E-state index contributed by atoms with van der Waals surface area (Å²) in [4.78, 5) is 12.8. The first-order chi connectivity index (χ1) is 16.5. The first-order valence-electron chi connectivity index (χ1n) is 10.4. The van der Waals surface area contributed by atoms with Crippen molar-refractivity contribution < 1.29 is 22.7 Å². The number of ether oxygens (including phenoxy) is 2. The average molecular weight is 493 g/mol. The van der Waals surface area contributed by atoms with Gasteiger partial charge in [0, 0.05) is 23.0 Å². The summed E-state index contributed by atoms with van der Waals surface area (Å²) in [5.74, 6) is 0.620. The Morgan fingerprint density at radius 1 is 0.824 bits per heavy atom. The van der Waals surface area contributed by atoms with Gasteiger partial charge in [-0.2, -0.15) is 11.3 Å². The second-order valence-corrected chi connectivity index (χ2v) is 10.00. The van der Waals surface area contributed by atoms with E-state index in [0.717, 1.165) is 11.1 Å². The molecule has 0 unspecified atom stereocenters. The molecular weight excluding hydrogens is 472 g/mol. The lowest BCUT2D eigenvalue weighted by Gasteiger charge is -2.19. The summed E-state index contributed by atoms with van der Waals surface area (Å²) in [7, 11) is -3.84. The zero-order chi connectivity index (χ0) is 23.5. The minimum absolute atomic E-state index is 0.0593. The molecular formula is C25H20N2O5S2. The number of carbonyl (C=O) groups excluding carboxylic acids is 1. The van der Waals surface area contributed by atoms with Crippen molar-refractivity contribution in [2.24, 2.45) is 0 Å². The van der Waals surface area contributed by atoms with Gasteiger partial charge in [0.1, 0.15) is 13.2 Å². The first kappa shape index (κ1) is 22.0. The van der Waals surface area contributed by atoms with Gasteiger partial charge in [0.25, 0.3) is 15.9 Å². The molecule has 0 bridgehead atoms. The van der Waals surface area contributed by atoms with E-state index in [-0.39, 0.29) is 10.8 Å². The van der Waals surface area contributed by atoms with E-state index in [1.807, 2.05) is 41.1 Å². The molecule has 1 aliphatic heterocycles. The van der Waals surface area contributed by atoms with E-state index in [0.29, 0.717) is 41.7 Å². The maximum atomic E-state index is 12.8. The molecule has 1 aliphatic rings. The number of benzene rings is 3. The number of amides is 1. The Hall–Kier alpha value is -3.82. The molecule has 1 aromatic heterocycles. The molecule has 4 aromatic rings. The monoisotopic (exact) mass is 492 g/mol. The van der Waals surface area contributed by atoms with Crippen LogP contribution in [0.5, 0.6) is 11.5 Å². The molecule has 0 atom stereocenters. The minimum atomic E-state index is -3.84. The molecule has 0 saturated heterocycles. The van der Waals surface area contributed by atoms with Gasteiger partial charge in [-0.1, -0.05) is 12.1 Å². The predicted molar refractivity (Wildman–Crippen MR) is 132 cm³/mol. The zero-order valence-electron chi connectivity index (χ0n) is 17.9. The lowest BCUT2D eigenvalue weighted by Crippen LogP contribution is -2.17. The number of fused-ring (bicyclic) bond motifs is 1. The van der Waals surface area contributed by atoms with Gasteiger partial charge >= 0.3 is 0 Å². The highest BCUT2D eigenvalue weighted by molar-refractivity contribution is 7.92. The lowest BCUT2D eigenvalue weighted by molar-refractivity contribution is 0.102. The number of hydrogen-bond donors (Lipinski definition) is 2. The second-order valence-electron chi connectivity index (χ2n) is 7.54. The second kappa shape index (κ2) is 9.20. The van der Waals surface area contributed by atoms with Crippen molar-refractivity contribution >= 4 is 38.6 Å². The predicted octanol–water partition coefficient (Wildman–Crippen LogP) is 5.24. The SMILES string of the molecule is O=C(Nc1cccc(-c2ccsc2)c1)c1ccc(NS(=O)(=O)c2ccc3c(c2)OCCO3)cc1. The van der Waals surface area contributed by atoms with Crippen molar-refractivity contribution in [3.63, 3.8) is 0 Å². The molecule has 172 valence electrons. The van der Waals surface area contributed by atoms with Crippen LogP contribution in [0.15, 0.2) is 88.5 Å². The van der Waals surface area contributed by atoms with Crippen LogP contribution in [0.4, 0.5) is 11.4 Å². The highest BCUT2D eigenvalue weighted by atomic mass is 32.2. The van der Waals surface area contributed by atoms with Crippen molar-refractivity contribution in [3.8, 4) is 22.6 Å². The quantitative estimate of drug-likeness (QED) is 0.384. The smallest absolute Gasteiger partial charge is 0.262 e. The van der Waals surface area contributed by atoms with Gasteiger partial charge < -0.3 is 14.8 Å². The summed E-state index contributed by atoms with van der Waals surface area (Å²) in [6.07, 6.45) is 0. The van der Waals surface area contributed by atoms with E-state index >= 15 is 0 Å². The fourth-order valence-corrected chi connectivity index (χ4v) is 5.24. The minimum Gasteiger partial charge on any atom is -0.486 e. The maximum absolute atomic E-state index is 12.8. The Kier molecular flexibility index (Phi) is 5.95. The van der Waals surface area contributed by atoms with Crippen LogP contribution in [-0.2, 0) is 10.0 Å². The zero-order valence-corrected chi connectivity index (χ0v) is 19.5. The Bertz CT molecular complexity index is 1430. The van der Waals surface area contributed by atoms with Gasteiger partial charge in [-0.15, -0.1) is 0 Å². The van der Waals surface area contributed by atoms with Gasteiger partial charge in [0.05, 0.1) is 4.90 Å². The molecule has 0 spiro atoms. The van der Waals surface area contributed by atoms with Crippen LogP contribution in [0.2, 0.25) is 0 Å². The fraction of sp³-hybridized carbons (Fsp3) is 0.0800. The summed E-state index contributed by atoms with van der Waals surface area (Å²) in [5.41, 5.74) is 3.53. The van der Waals surface area contributed by atoms with E-state index in [1.165, 1.54) is 12.1 Å². The molecule has 0 saturated carbocycles. The third-order valence-corrected chi connectivity index (χ3v) is 7.26. The third-order valence-electron chi connectivity index (χ3n) is 5.20. The molecule has 5 rings (SSSR count). The van der Waals surface area contributed by atoms with Crippen LogP contribution in [0.1, 0.15) is 10.4 Å². The van der Waals surface area contributed by atoms with Crippen molar-refractivity contribution in [3.05, 3.63) is 89.1 Å². The summed E-state index contributed by atoms with van der Waals surface area (Å²) in [5, 5.41) is 6.93. The van der Waals surface area contributed by atoms with Gasteiger partial charge in [-0.25, -0.2) is 8.42 Å². The molecule has 1 amide bonds. The Morgan fingerprint density at radius 2 is 1.62 bits per heavy atom. The van der Waals surface area contributed by atoms with Crippen molar-refractivity contribution in [1.82, 2.24) is 0 Å². The van der Waals surface area contributed by atoms with Crippen molar-refractivity contribution in [1.29, 1.82) is 0 Å². The number of sulfonamides is 1. The first-order valence-corrected chi connectivity index (χ1v) is 12.9. The van der Waals surface area contributed by atoms with Gasteiger partial charge in [0.2, 0.25) is 0 Å². The van der Waals surface area contributed by atoms with E-state index in [1.54, 1.807) is 41.7 Å². The van der Waals surface area contributed by atoms with Crippen LogP contribution in [0.25, 0.3) is 11.1 Å². The molecule has 7 nitrogen and oxygen atoms in total. The number of nitrogens with one attached hydrogen (secondary N) is 2. The highest BCUT2D eigenvalue weighted by Gasteiger charge is 2.19. The van der Waals surface area contributed by atoms with Crippen molar-refractivity contribution in [2.45, 2.75) is 4.90 Å². The molecule has 3 aromatic carbocycles. The van der Waals surface area contributed by atoms with Crippen LogP contribution in [-0.4, -0.2) is 27.5 Å². The normalized spacial score (nSPS) is 12.7. The van der Waals surface area contributed by atoms with E-state index in [4.69, 9.17) is 9.47 Å². The lowest BCUT2D eigenvalue weighted by atomic mass is 10.1. The Balaban J connectivity index is 1.27. The number of rotatable bonds is 6. The Labute approximate surface area is 201 Å². The summed E-state index contributed by atoms with van der Waals surface area (Å²) in [6, 6.07) is 20.3. The molecule has 0 fully saturated rings. The average Bonchev–Trinajstić information content (AvgIpc) is 3.39. The molecule has 34 heavy (non-hydrogen) atoms. The van der Waals surface area contributed by atoms with E-state index < -0.39 is 10.0 Å². The van der Waals surface area contributed by atoms with Gasteiger partial charge in [-0.05, 0) is 76.5 Å². The standard InChI is InChI=1S/C25H20N2O5S2/c28-25(26-21-3-1-2-18(14-21)19-10-13-33-16-19)17-4-6-20(7-5-17)27-34(29,30)22-8-9-23-24(15-22)32-12-11-31-23/h1-10,13-16,27H,11-12H2,(H,26,28). The maximum Gasteiger partial charge on any atom is 0.262 e. The number of anilines is 2. The molecule has 2 heterocycles. The number of hydrogen-bond acceptors (Lipinski definition) is 6. The number of carbonyl (C=O) groups is 1. The summed E-state index contributed by atoms with van der Waals surface area (Å²) < 4.78 is 39.0. The Morgan fingerprint density at radius 3 is 2.38 bits per heavy atom. The molecule has 0 radical (unpaired) electrons.